The van der Waals surface area contributed by atoms with E-state index in [1.54, 1.807) is 0 Å². The van der Waals surface area contributed by atoms with Gasteiger partial charge in [0.2, 0.25) is 0 Å². The number of nitrogens with one attached hydrogen (secondary N) is 1. The molecule has 0 bridgehead atoms. The summed E-state index contributed by atoms with van der Waals surface area (Å²) in [6.07, 6.45) is 0. The van der Waals surface area contributed by atoms with Gasteiger partial charge in [-0.1, -0.05) is 27.7 Å². The summed E-state index contributed by atoms with van der Waals surface area (Å²) in [5, 5.41) is 14.0. The van der Waals surface area contributed by atoms with Gasteiger partial charge < -0.3 is 5.32 Å². The second-order valence-electron chi connectivity index (χ2n) is 6.30. The first-order chi connectivity index (χ1) is 8.68. The van der Waals surface area contributed by atoms with Gasteiger partial charge in [-0.15, -0.1) is 0 Å². The van der Waals surface area contributed by atoms with Crippen molar-refractivity contribution in [3.05, 3.63) is 34.1 Å². The van der Waals surface area contributed by atoms with Crippen LogP contribution in [0.1, 0.15) is 27.7 Å². The van der Waals surface area contributed by atoms with Gasteiger partial charge in [0.25, 0.3) is 5.69 Å². The van der Waals surface area contributed by atoms with Gasteiger partial charge >= 0.3 is 0 Å². The van der Waals surface area contributed by atoms with Crippen LogP contribution in [0.3, 0.4) is 0 Å². The average molecular weight is 266 g/mol. The molecule has 0 aliphatic heterocycles. The molecule has 0 spiro atoms. The van der Waals surface area contributed by atoms with E-state index in [0.717, 1.165) is 6.07 Å². The van der Waals surface area contributed by atoms with E-state index in [0.29, 0.717) is 18.2 Å². The molecule has 0 amide bonds. The van der Waals surface area contributed by atoms with Crippen molar-refractivity contribution in [3.63, 3.8) is 0 Å². The number of nitro groups is 1. The molecule has 0 aromatic heterocycles. The van der Waals surface area contributed by atoms with Crippen LogP contribution in [-0.4, -0.2) is 11.5 Å². The molecule has 104 valence electrons. The van der Waals surface area contributed by atoms with Crippen molar-refractivity contribution in [2.45, 2.75) is 27.7 Å². The Bertz CT molecular complexity index is 512. The molecule has 0 heterocycles. The first kappa shape index (κ1) is 13.8. The van der Waals surface area contributed by atoms with Gasteiger partial charge in [0, 0.05) is 6.54 Å². The molecule has 1 aliphatic carbocycles. The van der Waals surface area contributed by atoms with Gasteiger partial charge in [-0.2, -0.15) is 0 Å². The molecule has 1 aliphatic rings. The third-order valence-electron chi connectivity index (χ3n) is 4.97. The van der Waals surface area contributed by atoms with Gasteiger partial charge in [0.15, 0.2) is 0 Å². The molecule has 1 saturated carbocycles. The topological polar surface area (TPSA) is 55.2 Å². The van der Waals surface area contributed by atoms with Crippen molar-refractivity contribution in [1.82, 2.24) is 0 Å². The summed E-state index contributed by atoms with van der Waals surface area (Å²) < 4.78 is 13.0. The van der Waals surface area contributed by atoms with E-state index in [4.69, 9.17) is 0 Å². The smallest absolute Gasteiger partial charge is 0.295 e. The van der Waals surface area contributed by atoms with E-state index < -0.39 is 10.7 Å². The molecule has 1 N–H and O–H groups in total. The zero-order valence-electron chi connectivity index (χ0n) is 11.7. The van der Waals surface area contributed by atoms with Crippen molar-refractivity contribution in [2.75, 3.05) is 11.9 Å². The van der Waals surface area contributed by atoms with Crippen molar-refractivity contribution in [3.8, 4) is 0 Å². The van der Waals surface area contributed by atoms with Crippen LogP contribution in [0.4, 0.5) is 15.8 Å². The summed E-state index contributed by atoms with van der Waals surface area (Å²) in [5.41, 5.74) is 0.602. The van der Waals surface area contributed by atoms with E-state index in [-0.39, 0.29) is 16.5 Å². The second-order valence-corrected chi connectivity index (χ2v) is 6.30. The van der Waals surface area contributed by atoms with Gasteiger partial charge in [0.05, 0.1) is 11.0 Å². The molecule has 0 radical (unpaired) electrons. The van der Waals surface area contributed by atoms with Crippen molar-refractivity contribution in [2.24, 2.45) is 16.7 Å². The fraction of sp³-hybridized carbons (Fsp3) is 0.571. The van der Waals surface area contributed by atoms with Crippen LogP contribution in [0.25, 0.3) is 0 Å². The third-order valence-corrected chi connectivity index (χ3v) is 4.97. The van der Waals surface area contributed by atoms with E-state index >= 15 is 0 Å². The predicted octanol–water partition coefficient (Wildman–Crippen LogP) is 3.83. The molecule has 1 aromatic rings. The van der Waals surface area contributed by atoms with Crippen LogP contribution in [0.5, 0.6) is 0 Å². The quantitative estimate of drug-likeness (QED) is 0.665. The molecule has 0 atom stereocenters. The summed E-state index contributed by atoms with van der Waals surface area (Å²) in [6.45, 7) is 9.43. The lowest BCUT2D eigenvalue weighted by Gasteiger charge is -2.08. The van der Waals surface area contributed by atoms with E-state index in [2.05, 4.69) is 33.0 Å². The fourth-order valence-corrected chi connectivity index (χ4v) is 2.86. The molecular formula is C14H19FN2O2. The number of nitrogens with zero attached hydrogens (tertiary/aromatic N) is 1. The monoisotopic (exact) mass is 266 g/mol. The van der Waals surface area contributed by atoms with Gasteiger partial charge in [-0.05, 0) is 28.9 Å². The minimum absolute atomic E-state index is 0.212. The summed E-state index contributed by atoms with van der Waals surface area (Å²) in [6, 6.07) is 3.61. The number of rotatable bonds is 4. The van der Waals surface area contributed by atoms with Crippen molar-refractivity contribution in [1.29, 1.82) is 0 Å². The minimum Gasteiger partial charge on any atom is -0.379 e. The zero-order chi connectivity index (χ0) is 14.4. The second kappa shape index (κ2) is 4.18. The molecule has 2 rings (SSSR count). The van der Waals surface area contributed by atoms with E-state index in [1.165, 1.54) is 12.1 Å². The van der Waals surface area contributed by atoms with Gasteiger partial charge in [0.1, 0.15) is 11.5 Å². The standard InChI is InChI=1S/C14H19FN2O2/c1-13(2)12(14(13,3)4)8-16-10-6-5-9(15)7-11(10)17(18)19/h5-7,12,16H,8H2,1-4H3. The Balaban J connectivity index is 2.11. The molecule has 5 heteroatoms. The normalized spacial score (nSPS) is 20.1. The SMILES string of the molecule is CC1(C)C(CNc2ccc(F)cc2[N+](=O)[O-])C1(C)C. The third kappa shape index (κ3) is 2.17. The van der Waals surface area contributed by atoms with Crippen molar-refractivity contribution < 1.29 is 9.31 Å². The van der Waals surface area contributed by atoms with Crippen LogP contribution < -0.4 is 5.32 Å². The highest BCUT2D eigenvalue weighted by atomic mass is 19.1. The highest BCUT2D eigenvalue weighted by molar-refractivity contribution is 5.61. The number of benzene rings is 1. The molecule has 1 fully saturated rings. The minimum atomic E-state index is -0.593. The first-order valence-electron chi connectivity index (χ1n) is 6.35. The number of halogens is 1. The summed E-state index contributed by atoms with van der Waals surface area (Å²) in [4.78, 5) is 10.3. The average Bonchev–Trinajstić information content (AvgIpc) is 2.68. The molecule has 0 unspecified atom stereocenters. The Morgan fingerprint density at radius 3 is 2.37 bits per heavy atom. The lowest BCUT2D eigenvalue weighted by Crippen LogP contribution is -2.09. The van der Waals surface area contributed by atoms with Gasteiger partial charge in [-0.25, -0.2) is 4.39 Å². The van der Waals surface area contributed by atoms with E-state index in [1.807, 2.05) is 0 Å². The maximum atomic E-state index is 13.0. The highest BCUT2D eigenvalue weighted by Gasteiger charge is 2.64. The maximum absolute atomic E-state index is 13.0. The number of hydrogen-bond acceptors (Lipinski definition) is 3. The Kier molecular flexibility index (Phi) is 3.03. The fourth-order valence-electron chi connectivity index (χ4n) is 2.86. The van der Waals surface area contributed by atoms with Crippen LogP contribution >= 0.6 is 0 Å². The maximum Gasteiger partial charge on any atom is 0.295 e. The molecule has 0 saturated heterocycles. The Labute approximate surface area is 112 Å². The Morgan fingerprint density at radius 2 is 1.89 bits per heavy atom. The molecule has 1 aromatic carbocycles. The van der Waals surface area contributed by atoms with Crippen LogP contribution in [-0.2, 0) is 0 Å². The van der Waals surface area contributed by atoms with Gasteiger partial charge in [-0.3, -0.25) is 10.1 Å². The number of anilines is 1. The summed E-state index contributed by atoms with van der Waals surface area (Å²) >= 11 is 0. The largest absolute Gasteiger partial charge is 0.379 e. The number of nitro benzene ring substituents is 1. The molecule has 19 heavy (non-hydrogen) atoms. The van der Waals surface area contributed by atoms with E-state index in [9.17, 15) is 14.5 Å². The lowest BCUT2D eigenvalue weighted by molar-refractivity contribution is -0.384. The zero-order valence-corrected chi connectivity index (χ0v) is 11.7. The molecule has 4 nitrogen and oxygen atoms in total. The Morgan fingerprint density at radius 1 is 1.32 bits per heavy atom. The van der Waals surface area contributed by atoms with Crippen LogP contribution in [0.15, 0.2) is 18.2 Å². The predicted molar refractivity (Wildman–Crippen MR) is 72.6 cm³/mol. The number of hydrogen-bond donors (Lipinski definition) is 1. The lowest BCUT2D eigenvalue weighted by atomic mass is 10.0. The van der Waals surface area contributed by atoms with Crippen LogP contribution in [0.2, 0.25) is 0 Å². The first-order valence-corrected chi connectivity index (χ1v) is 6.35. The van der Waals surface area contributed by atoms with Crippen LogP contribution in [0, 0.1) is 32.7 Å². The highest BCUT2D eigenvalue weighted by Crippen LogP contribution is 2.68. The summed E-state index contributed by atoms with van der Waals surface area (Å²) in [7, 11) is 0. The Hall–Kier alpha value is -1.65. The van der Waals surface area contributed by atoms with Crippen molar-refractivity contribution >= 4 is 11.4 Å². The molecular weight excluding hydrogens is 247 g/mol. The summed E-state index contributed by atoms with van der Waals surface area (Å²) in [5.74, 6) is -0.144.